The zero-order valence-electron chi connectivity index (χ0n) is 6.28. The van der Waals surface area contributed by atoms with E-state index in [-0.39, 0.29) is 0 Å². The van der Waals surface area contributed by atoms with Crippen LogP contribution in [-0.2, 0) is 5.75 Å². The van der Waals surface area contributed by atoms with E-state index in [2.05, 4.69) is 11.7 Å². The molecule has 0 unspecified atom stereocenters. The van der Waals surface area contributed by atoms with Gasteiger partial charge in [0.2, 0.25) is 0 Å². The number of methoxy groups -OCH3 is 1. The van der Waals surface area contributed by atoms with E-state index in [9.17, 15) is 0 Å². The zero-order valence-corrected chi connectivity index (χ0v) is 7.99. The Hall–Kier alpha value is -0.280. The van der Waals surface area contributed by atoms with E-state index in [0.717, 1.165) is 11.5 Å². The second-order valence-electron chi connectivity index (χ2n) is 2.12. The fraction of sp³-hybridized carbons (Fsp3) is 0.250. The van der Waals surface area contributed by atoms with Gasteiger partial charge in [-0.05, 0) is 17.7 Å². The van der Waals surface area contributed by atoms with Crippen LogP contribution in [0.15, 0.2) is 24.3 Å². The Kier molecular flexibility index (Phi) is 3.66. The Bertz CT molecular complexity index is 208. The van der Waals surface area contributed by atoms with Crippen LogP contribution in [0.5, 0.6) is 5.75 Å². The van der Waals surface area contributed by atoms with Crippen LogP contribution >= 0.6 is 22.5 Å². The summed E-state index contributed by atoms with van der Waals surface area (Å²) in [4.78, 5) is 0. The lowest BCUT2D eigenvalue weighted by atomic mass is 10.2. The van der Waals surface area contributed by atoms with E-state index >= 15 is 0 Å². The van der Waals surface area contributed by atoms with Crippen LogP contribution in [0.2, 0.25) is 0 Å². The van der Waals surface area contributed by atoms with Gasteiger partial charge in [-0.25, -0.2) is 0 Å². The molecule has 0 amide bonds. The summed E-state index contributed by atoms with van der Waals surface area (Å²) >= 11 is 4.07. The highest BCUT2D eigenvalue weighted by molar-refractivity contribution is 8.68. The lowest BCUT2D eigenvalue weighted by molar-refractivity contribution is 0.414. The molecule has 60 valence electrons. The van der Waals surface area contributed by atoms with Gasteiger partial charge in [-0.15, -0.1) is 11.7 Å². The van der Waals surface area contributed by atoms with E-state index in [0.29, 0.717) is 0 Å². The minimum atomic E-state index is 0.901. The lowest BCUT2D eigenvalue weighted by Gasteiger charge is -2.00. The summed E-state index contributed by atoms with van der Waals surface area (Å²) in [6, 6.07) is 8.00. The van der Waals surface area contributed by atoms with Gasteiger partial charge in [-0.1, -0.05) is 22.9 Å². The van der Waals surface area contributed by atoms with Crippen molar-refractivity contribution in [3.8, 4) is 5.75 Å². The molecule has 0 aliphatic carbocycles. The largest absolute Gasteiger partial charge is 0.497 e. The average molecular weight is 186 g/mol. The normalized spacial score (nSPS) is 9.64. The van der Waals surface area contributed by atoms with Gasteiger partial charge in [0.1, 0.15) is 5.75 Å². The molecule has 0 aliphatic heterocycles. The van der Waals surface area contributed by atoms with Crippen LogP contribution in [0.25, 0.3) is 0 Å². The number of rotatable bonds is 3. The third-order valence-corrected chi connectivity index (χ3v) is 2.24. The molecule has 0 spiro atoms. The standard InChI is InChI=1S/C8H10OS2/c1-9-8-4-2-7(3-5-8)6-11-10/h2-5,10H,6H2,1H3. The summed E-state index contributed by atoms with van der Waals surface area (Å²) in [7, 11) is 3.19. The Morgan fingerprint density at radius 3 is 2.45 bits per heavy atom. The Labute approximate surface area is 76.0 Å². The van der Waals surface area contributed by atoms with E-state index < -0.39 is 0 Å². The Morgan fingerprint density at radius 2 is 2.00 bits per heavy atom. The monoisotopic (exact) mass is 186 g/mol. The first-order valence-corrected chi connectivity index (χ1v) is 5.30. The van der Waals surface area contributed by atoms with Crippen molar-refractivity contribution < 1.29 is 4.74 Å². The predicted octanol–water partition coefficient (Wildman–Crippen LogP) is 2.77. The molecule has 0 saturated carbocycles. The van der Waals surface area contributed by atoms with Crippen molar-refractivity contribution in [1.82, 2.24) is 0 Å². The molecule has 0 saturated heterocycles. The van der Waals surface area contributed by atoms with Gasteiger partial charge < -0.3 is 4.74 Å². The molecule has 0 atom stereocenters. The van der Waals surface area contributed by atoms with Gasteiger partial charge in [0.25, 0.3) is 0 Å². The molecular weight excluding hydrogens is 176 g/mol. The zero-order chi connectivity index (χ0) is 8.10. The van der Waals surface area contributed by atoms with Crippen molar-refractivity contribution in [1.29, 1.82) is 0 Å². The lowest BCUT2D eigenvalue weighted by Crippen LogP contribution is -1.82. The van der Waals surface area contributed by atoms with E-state index in [1.807, 2.05) is 24.3 Å². The quantitative estimate of drug-likeness (QED) is 0.574. The van der Waals surface area contributed by atoms with Crippen molar-refractivity contribution in [2.45, 2.75) is 5.75 Å². The highest BCUT2D eigenvalue weighted by Crippen LogP contribution is 2.17. The van der Waals surface area contributed by atoms with Gasteiger partial charge in [-0.2, -0.15) is 0 Å². The van der Waals surface area contributed by atoms with Crippen molar-refractivity contribution in [2.75, 3.05) is 7.11 Å². The van der Waals surface area contributed by atoms with Crippen LogP contribution < -0.4 is 4.74 Å². The number of hydrogen-bond acceptors (Lipinski definition) is 3. The molecule has 1 rings (SSSR count). The number of benzene rings is 1. The second kappa shape index (κ2) is 4.57. The van der Waals surface area contributed by atoms with Crippen LogP contribution in [0, 0.1) is 0 Å². The Morgan fingerprint density at radius 1 is 1.36 bits per heavy atom. The topological polar surface area (TPSA) is 9.23 Å². The van der Waals surface area contributed by atoms with Gasteiger partial charge in [0.05, 0.1) is 7.11 Å². The predicted molar refractivity (Wildman–Crippen MR) is 53.3 cm³/mol. The number of thiol groups is 1. The minimum absolute atomic E-state index is 0.901. The molecule has 0 aromatic heterocycles. The van der Waals surface area contributed by atoms with Crippen LogP contribution in [0.1, 0.15) is 5.56 Å². The molecule has 0 bridgehead atoms. The number of hydrogen-bond donors (Lipinski definition) is 1. The first-order valence-electron chi connectivity index (χ1n) is 3.26. The molecular formula is C8H10OS2. The second-order valence-corrected chi connectivity index (χ2v) is 3.44. The summed E-state index contributed by atoms with van der Waals surface area (Å²) < 4.78 is 5.02. The number of ether oxygens (including phenoxy) is 1. The fourth-order valence-electron chi connectivity index (χ4n) is 0.796. The molecule has 1 aromatic rings. The van der Waals surface area contributed by atoms with Gasteiger partial charge in [0, 0.05) is 5.75 Å². The molecule has 3 heteroatoms. The van der Waals surface area contributed by atoms with Crippen LogP contribution in [0.3, 0.4) is 0 Å². The maximum atomic E-state index is 5.02. The van der Waals surface area contributed by atoms with E-state index in [1.54, 1.807) is 7.11 Å². The smallest absolute Gasteiger partial charge is 0.118 e. The summed E-state index contributed by atoms with van der Waals surface area (Å²) in [6.45, 7) is 0. The maximum absolute atomic E-state index is 5.02. The third-order valence-electron chi connectivity index (χ3n) is 1.39. The molecule has 1 nitrogen and oxygen atoms in total. The van der Waals surface area contributed by atoms with E-state index in [1.165, 1.54) is 16.4 Å². The summed E-state index contributed by atoms with van der Waals surface area (Å²) in [6.07, 6.45) is 0. The molecule has 0 aliphatic rings. The highest BCUT2D eigenvalue weighted by atomic mass is 33.1. The SMILES string of the molecule is COc1ccc(CSS)cc1. The summed E-state index contributed by atoms with van der Waals surface area (Å²) in [5, 5.41) is 0. The third kappa shape index (κ3) is 2.67. The van der Waals surface area contributed by atoms with Gasteiger partial charge >= 0.3 is 0 Å². The highest BCUT2D eigenvalue weighted by Gasteiger charge is 1.91. The summed E-state index contributed by atoms with van der Waals surface area (Å²) in [5.41, 5.74) is 1.27. The summed E-state index contributed by atoms with van der Waals surface area (Å²) in [5.74, 6) is 1.84. The molecule has 1 aromatic carbocycles. The molecule has 0 fully saturated rings. The first kappa shape index (κ1) is 8.81. The van der Waals surface area contributed by atoms with Crippen LogP contribution in [0.4, 0.5) is 0 Å². The fourth-order valence-corrected chi connectivity index (χ4v) is 1.59. The minimum Gasteiger partial charge on any atom is -0.497 e. The van der Waals surface area contributed by atoms with Crippen molar-refractivity contribution in [3.05, 3.63) is 29.8 Å². The van der Waals surface area contributed by atoms with Crippen molar-refractivity contribution in [3.63, 3.8) is 0 Å². The van der Waals surface area contributed by atoms with Crippen LogP contribution in [-0.4, -0.2) is 7.11 Å². The average Bonchev–Trinajstić information content (AvgIpc) is 2.07. The Balaban J connectivity index is 2.66. The van der Waals surface area contributed by atoms with Gasteiger partial charge in [-0.3, -0.25) is 0 Å². The molecule has 0 heterocycles. The van der Waals surface area contributed by atoms with Crippen molar-refractivity contribution >= 4 is 22.5 Å². The molecule has 11 heavy (non-hydrogen) atoms. The first-order chi connectivity index (χ1) is 5.36. The van der Waals surface area contributed by atoms with Crippen molar-refractivity contribution in [2.24, 2.45) is 0 Å². The van der Waals surface area contributed by atoms with E-state index in [4.69, 9.17) is 4.74 Å². The molecule has 0 radical (unpaired) electrons. The maximum Gasteiger partial charge on any atom is 0.118 e. The van der Waals surface area contributed by atoms with Gasteiger partial charge in [0.15, 0.2) is 0 Å². The molecule has 0 N–H and O–H groups in total.